The molecule has 7 heteroatoms. The quantitative estimate of drug-likeness (QED) is 0.343. The molecule has 0 spiro atoms. The van der Waals surface area contributed by atoms with E-state index in [0.29, 0.717) is 36.8 Å². The van der Waals surface area contributed by atoms with Gasteiger partial charge in [0.1, 0.15) is 0 Å². The van der Waals surface area contributed by atoms with Crippen molar-refractivity contribution in [3.8, 4) is 0 Å². The molecular weight excluding hydrogens is 496 g/mol. The molecule has 0 bridgehead atoms. The Hall–Kier alpha value is -2.93. The number of amides is 2. The Morgan fingerprint density at radius 3 is 2.53 bits per heavy atom. The van der Waals surface area contributed by atoms with Gasteiger partial charge in [0.15, 0.2) is 0 Å². The highest BCUT2D eigenvalue weighted by Crippen LogP contribution is 2.23. The van der Waals surface area contributed by atoms with Crippen LogP contribution in [0.2, 0.25) is 5.02 Å². The van der Waals surface area contributed by atoms with E-state index in [1.54, 1.807) is 0 Å². The molecule has 202 valence electrons. The first-order chi connectivity index (χ1) is 18.3. The molecule has 0 saturated carbocycles. The van der Waals surface area contributed by atoms with Crippen LogP contribution in [-0.4, -0.2) is 61.0 Å². The summed E-state index contributed by atoms with van der Waals surface area (Å²) in [5, 5.41) is 12.7. The molecule has 6 nitrogen and oxygen atoms in total. The standard InChI is InChI=1S/C31H39ClN4O2/c1-4-22(23-8-6-5-7-9-23)20-36-15-14-28(35-29(31(36)38)19-33-21(2)3)18-34-30(37)26-11-10-25-17-27(32)13-12-24(25)16-26/h5-13,16-17,21-22,28-29,33,35H,4,14-15,18-20H2,1-3H3,(H,34,37)/t22-,28-,29-/m1/s1. The average Bonchev–Trinajstić information content (AvgIpc) is 3.07. The third-order valence-corrected chi connectivity index (χ3v) is 7.54. The summed E-state index contributed by atoms with van der Waals surface area (Å²) in [6, 6.07) is 21.6. The maximum absolute atomic E-state index is 13.6. The molecule has 0 aromatic heterocycles. The first kappa shape index (κ1) is 28.1. The Labute approximate surface area is 231 Å². The topological polar surface area (TPSA) is 73.5 Å². The highest BCUT2D eigenvalue weighted by atomic mass is 35.5. The van der Waals surface area contributed by atoms with Crippen LogP contribution in [0.1, 0.15) is 55.5 Å². The van der Waals surface area contributed by atoms with Crippen molar-refractivity contribution in [2.75, 3.05) is 26.2 Å². The van der Waals surface area contributed by atoms with Crippen molar-refractivity contribution in [3.05, 3.63) is 82.9 Å². The minimum absolute atomic E-state index is 0.0112. The molecule has 2 amide bonds. The molecule has 3 atom stereocenters. The second-order valence-corrected chi connectivity index (χ2v) is 10.9. The van der Waals surface area contributed by atoms with Crippen LogP contribution in [0.25, 0.3) is 10.8 Å². The van der Waals surface area contributed by atoms with Gasteiger partial charge < -0.3 is 20.9 Å². The maximum atomic E-state index is 13.6. The lowest BCUT2D eigenvalue weighted by atomic mass is 9.95. The van der Waals surface area contributed by atoms with E-state index in [-0.39, 0.29) is 35.9 Å². The van der Waals surface area contributed by atoms with Crippen molar-refractivity contribution in [1.29, 1.82) is 0 Å². The van der Waals surface area contributed by atoms with Gasteiger partial charge in [0.2, 0.25) is 5.91 Å². The molecule has 1 fully saturated rings. The number of benzene rings is 3. The number of fused-ring (bicyclic) bond motifs is 1. The zero-order valence-electron chi connectivity index (χ0n) is 22.5. The molecular formula is C31H39ClN4O2. The number of nitrogens with zero attached hydrogens (tertiary/aromatic N) is 1. The highest BCUT2D eigenvalue weighted by Gasteiger charge is 2.32. The van der Waals surface area contributed by atoms with Gasteiger partial charge in [-0.1, -0.05) is 74.8 Å². The van der Waals surface area contributed by atoms with Crippen LogP contribution < -0.4 is 16.0 Å². The molecule has 0 radical (unpaired) electrons. The van der Waals surface area contributed by atoms with Crippen LogP contribution in [0, 0.1) is 0 Å². The molecule has 0 aliphatic carbocycles. The van der Waals surface area contributed by atoms with Gasteiger partial charge in [-0.3, -0.25) is 9.59 Å². The number of carbonyl (C=O) groups is 2. The lowest BCUT2D eigenvalue weighted by molar-refractivity contribution is -0.132. The van der Waals surface area contributed by atoms with Crippen molar-refractivity contribution >= 4 is 34.2 Å². The largest absolute Gasteiger partial charge is 0.350 e. The lowest BCUT2D eigenvalue weighted by Crippen LogP contribution is -2.54. The van der Waals surface area contributed by atoms with Gasteiger partial charge in [0, 0.05) is 54.8 Å². The summed E-state index contributed by atoms with van der Waals surface area (Å²) in [7, 11) is 0. The highest BCUT2D eigenvalue weighted by molar-refractivity contribution is 6.31. The summed E-state index contributed by atoms with van der Waals surface area (Å²) in [5.41, 5.74) is 1.87. The molecule has 1 heterocycles. The monoisotopic (exact) mass is 534 g/mol. The zero-order valence-corrected chi connectivity index (χ0v) is 23.3. The molecule has 4 rings (SSSR count). The van der Waals surface area contributed by atoms with Crippen LogP contribution in [0.4, 0.5) is 0 Å². The summed E-state index contributed by atoms with van der Waals surface area (Å²) in [6.45, 7) is 8.69. The van der Waals surface area contributed by atoms with Gasteiger partial charge in [-0.2, -0.15) is 0 Å². The molecule has 3 aromatic carbocycles. The van der Waals surface area contributed by atoms with Gasteiger partial charge in [0.05, 0.1) is 6.04 Å². The summed E-state index contributed by atoms with van der Waals surface area (Å²) in [5.74, 6) is 0.288. The smallest absolute Gasteiger partial charge is 0.251 e. The normalized spacial score (nSPS) is 19.0. The first-order valence-electron chi connectivity index (χ1n) is 13.6. The van der Waals surface area contributed by atoms with Crippen molar-refractivity contribution in [1.82, 2.24) is 20.9 Å². The van der Waals surface area contributed by atoms with Crippen molar-refractivity contribution < 1.29 is 9.59 Å². The third-order valence-electron chi connectivity index (χ3n) is 7.30. The van der Waals surface area contributed by atoms with Gasteiger partial charge in [-0.15, -0.1) is 0 Å². The SMILES string of the molecule is CC[C@H](CN1CC[C@H](CNC(=O)c2ccc3cc(Cl)ccc3c2)N[C@H](CNC(C)C)C1=O)c1ccccc1. The number of hydrogen-bond donors (Lipinski definition) is 3. The Morgan fingerprint density at radius 1 is 1.05 bits per heavy atom. The summed E-state index contributed by atoms with van der Waals surface area (Å²) >= 11 is 6.09. The first-order valence-corrected chi connectivity index (χ1v) is 14.0. The third kappa shape index (κ3) is 7.34. The Bertz CT molecular complexity index is 1230. The molecule has 3 aromatic rings. The average molecular weight is 535 g/mol. The van der Waals surface area contributed by atoms with E-state index in [0.717, 1.165) is 23.6 Å². The van der Waals surface area contributed by atoms with E-state index in [4.69, 9.17) is 11.6 Å². The van der Waals surface area contributed by atoms with Crippen LogP contribution in [0.3, 0.4) is 0 Å². The second kappa shape index (κ2) is 13.2. The second-order valence-electron chi connectivity index (χ2n) is 10.5. The molecule has 38 heavy (non-hydrogen) atoms. The number of carbonyl (C=O) groups excluding carboxylic acids is 2. The van der Waals surface area contributed by atoms with E-state index in [1.807, 2.05) is 47.4 Å². The Balaban J connectivity index is 1.43. The summed E-state index contributed by atoms with van der Waals surface area (Å²) in [4.78, 5) is 28.6. The van der Waals surface area contributed by atoms with Crippen LogP contribution in [0.15, 0.2) is 66.7 Å². The molecule has 0 unspecified atom stereocenters. The predicted molar refractivity (Wildman–Crippen MR) is 156 cm³/mol. The lowest BCUT2D eigenvalue weighted by Gasteiger charge is -2.29. The van der Waals surface area contributed by atoms with E-state index in [9.17, 15) is 9.59 Å². The van der Waals surface area contributed by atoms with Gasteiger partial charge >= 0.3 is 0 Å². The molecule has 1 aliphatic heterocycles. The van der Waals surface area contributed by atoms with Gasteiger partial charge in [0.25, 0.3) is 5.91 Å². The molecule has 1 aliphatic rings. The maximum Gasteiger partial charge on any atom is 0.251 e. The van der Waals surface area contributed by atoms with Crippen molar-refractivity contribution in [3.63, 3.8) is 0 Å². The summed E-state index contributed by atoms with van der Waals surface area (Å²) in [6.07, 6.45) is 1.74. The minimum atomic E-state index is -0.347. The van der Waals surface area contributed by atoms with Gasteiger partial charge in [-0.25, -0.2) is 0 Å². The van der Waals surface area contributed by atoms with E-state index >= 15 is 0 Å². The number of nitrogens with one attached hydrogen (secondary N) is 3. The summed E-state index contributed by atoms with van der Waals surface area (Å²) < 4.78 is 0. The fourth-order valence-corrected chi connectivity index (χ4v) is 5.24. The fraction of sp³-hybridized carbons (Fsp3) is 0.419. The van der Waals surface area contributed by atoms with E-state index in [1.165, 1.54) is 5.56 Å². The van der Waals surface area contributed by atoms with Crippen molar-refractivity contribution in [2.45, 2.75) is 57.7 Å². The Morgan fingerprint density at radius 2 is 1.79 bits per heavy atom. The fourth-order valence-electron chi connectivity index (χ4n) is 5.06. The molecule has 3 N–H and O–H groups in total. The van der Waals surface area contributed by atoms with E-state index < -0.39 is 0 Å². The van der Waals surface area contributed by atoms with Crippen molar-refractivity contribution in [2.24, 2.45) is 0 Å². The van der Waals surface area contributed by atoms with Crippen LogP contribution in [0.5, 0.6) is 0 Å². The van der Waals surface area contributed by atoms with Crippen LogP contribution in [-0.2, 0) is 4.79 Å². The van der Waals surface area contributed by atoms with Gasteiger partial charge in [-0.05, 0) is 53.4 Å². The minimum Gasteiger partial charge on any atom is -0.350 e. The predicted octanol–water partition coefficient (Wildman–Crippen LogP) is 4.97. The number of hydrogen-bond acceptors (Lipinski definition) is 4. The van der Waals surface area contributed by atoms with Crippen LogP contribution >= 0.6 is 11.6 Å². The number of halogens is 1. The number of rotatable bonds is 10. The Kier molecular flexibility index (Phi) is 9.78. The zero-order chi connectivity index (χ0) is 27.1. The van der Waals surface area contributed by atoms with E-state index in [2.05, 4.69) is 61.0 Å². The molecule has 1 saturated heterocycles.